The van der Waals surface area contributed by atoms with E-state index in [1.165, 1.54) is 11.3 Å². The Hall–Kier alpha value is -2.11. The molecule has 3 fully saturated rings. The highest BCUT2D eigenvalue weighted by Crippen LogP contribution is 2.37. The molecule has 2 bridgehead atoms. The molecule has 2 aliphatic heterocycles. The van der Waals surface area contributed by atoms with Gasteiger partial charge in [-0.05, 0) is 31.6 Å². The van der Waals surface area contributed by atoms with Gasteiger partial charge in [0.1, 0.15) is 11.6 Å². The third-order valence-electron chi connectivity index (χ3n) is 5.81. The van der Waals surface area contributed by atoms with Crippen molar-refractivity contribution in [2.75, 3.05) is 31.1 Å². The predicted octanol–water partition coefficient (Wildman–Crippen LogP) is 0.714. The number of rotatable bonds is 5. The van der Waals surface area contributed by atoms with Gasteiger partial charge < -0.3 is 20.5 Å². The van der Waals surface area contributed by atoms with Crippen LogP contribution in [0.25, 0.3) is 0 Å². The first-order chi connectivity index (χ1) is 14.3. The van der Waals surface area contributed by atoms with Crippen LogP contribution in [-0.2, 0) is 25.7 Å². The number of piperidine rings is 1. The lowest BCUT2D eigenvalue weighted by Crippen LogP contribution is -2.52. The van der Waals surface area contributed by atoms with E-state index in [1.807, 2.05) is 11.8 Å². The molecule has 30 heavy (non-hydrogen) atoms. The number of hydrogen-bond donors (Lipinski definition) is 2. The summed E-state index contributed by atoms with van der Waals surface area (Å²) in [7, 11) is 0. The number of likely N-dealkylation sites (tertiary alicyclic amines) is 1. The SMILES string of the molecule is CC(=O)O.CCOCc1nnc(N2CC(C(=O)N3C[C@H]4CC[C@@H](C3)C4N)CC2=O)s1. The Balaban J connectivity index is 0.000000589. The molecule has 4 rings (SSSR count). The minimum absolute atomic E-state index is 0.0563. The summed E-state index contributed by atoms with van der Waals surface area (Å²) in [5, 5.41) is 16.9. The summed E-state index contributed by atoms with van der Waals surface area (Å²) in [5.74, 6) is -0.274. The highest BCUT2D eigenvalue weighted by Gasteiger charge is 2.44. The molecular weight excluding hydrogens is 410 g/mol. The largest absolute Gasteiger partial charge is 0.481 e. The molecule has 0 radical (unpaired) electrons. The molecule has 1 aliphatic carbocycles. The molecule has 3 N–H and O–H groups in total. The number of nitrogens with zero attached hydrogens (tertiary/aromatic N) is 4. The molecule has 0 spiro atoms. The van der Waals surface area contributed by atoms with Gasteiger partial charge in [0.05, 0.1) is 5.92 Å². The fraction of sp³-hybridized carbons (Fsp3) is 0.737. The Morgan fingerprint density at radius 2 is 1.87 bits per heavy atom. The molecule has 2 amide bonds. The Labute approximate surface area is 179 Å². The molecule has 10 nitrogen and oxygen atoms in total. The third-order valence-corrected chi connectivity index (χ3v) is 6.73. The van der Waals surface area contributed by atoms with Crippen molar-refractivity contribution in [1.82, 2.24) is 15.1 Å². The van der Waals surface area contributed by atoms with Gasteiger partial charge in [-0.3, -0.25) is 19.3 Å². The lowest BCUT2D eigenvalue weighted by molar-refractivity contribution is -0.138. The number of hydrogen-bond acceptors (Lipinski definition) is 8. The lowest BCUT2D eigenvalue weighted by atomic mass is 9.92. The van der Waals surface area contributed by atoms with E-state index >= 15 is 0 Å². The predicted molar refractivity (Wildman–Crippen MR) is 110 cm³/mol. The van der Waals surface area contributed by atoms with Gasteiger partial charge in [0.25, 0.3) is 5.97 Å². The molecule has 1 aromatic rings. The second-order valence-corrected chi connectivity index (χ2v) is 9.00. The zero-order chi connectivity index (χ0) is 21.8. The first-order valence-corrected chi connectivity index (χ1v) is 11.1. The van der Waals surface area contributed by atoms with E-state index in [0.717, 1.165) is 37.9 Å². The van der Waals surface area contributed by atoms with Gasteiger partial charge in [0, 0.05) is 45.6 Å². The Bertz CT molecular complexity index is 769. The van der Waals surface area contributed by atoms with Crippen LogP contribution in [0.2, 0.25) is 0 Å². The molecule has 2 saturated heterocycles. The highest BCUT2D eigenvalue weighted by atomic mass is 32.1. The smallest absolute Gasteiger partial charge is 0.300 e. The summed E-state index contributed by atoms with van der Waals surface area (Å²) in [5.41, 5.74) is 6.23. The summed E-state index contributed by atoms with van der Waals surface area (Å²) in [4.78, 5) is 37.9. The van der Waals surface area contributed by atoms with Crippen molar-refractivity contribution in [3.05, 3.63) is 5.01 Å². The average molecular weight is 440 g/mol. The first kappa shape index (κ1) is 22.6. The maximum absolute atomic E-state index is 12.9. The van der Waals surface area contributed by atoms with Gasteiger partial charge in [0.15, 0.2) is 0 Å². The van der Waals surface area contributed by atoms with Crippen LogP contribution in [-0.4, -0.2) is 70.3 Å². The molecule has 0 aromatic carbocycles. The molecule has 3 heterocycles. The lowest BCUT2D eigenvalue weighted by Gasteiger charge is -2.37. The maximum atomic E-state index is 12.9. The van der Waals surface area contributed by atoms with E-state index in [-0.39, 0.29) is 30.2 Å². The number of carbonyl (C=O) groups excluding carboxylic acids is 2. The van der Waals surface area contributed by atoms with Gasteiger partial charge in [-0.1, -0.05) is 11.3 Å². The molecule has 4 atom stereocenters. The first-order valence-electron chi connectivity index (χ1n) is 10.2. The van der Waals surface area contributed by atoms with Crippen molar-refractivity contribution in [2.24, 2.45) is 23.5 Å². The van der Waals surface area contributed by atoms with Gasteiger partial charge in [-0.15, -0.1) is 10.2 Å². The molecule has 2 unspecified atom stereocenters. The van der Waals surface area contributed by atoms with Gasteiger partial charge in [0.2, 0.25) is 16.9 Å². The number of ether oxygens (including phenoxy) is 1. The molecule has 166 valence electrons. The van der Waals surface area contributed by atoms with Crippen LogP contribution in [0.1, 0.15) is 38.1 Å². The van der Waals surface area contributed by atoms with Crippen molar-refractivity contribution in [3.63, 3.8) is 0 Å². The molecule has 11 heteroatoms. The zero-order valence-corrected chi connectivity index (χ0v) is 18.1. The number of carboxylic acid groups (broad SMARTS) is 1. The fourth-order valence-electron chi connectivity index (χ4n) is 4.36. The number of carbonyl (C=O) groups is 3. The number of aliphatic carboxylic acids is 1. The summed E-state index contributed by atoms with van der Waals surface area (Å²) >= 11 is 1.35. The van der Waals surface area contributed by atoms with Gasteiger partial charge >= 0.3 is 0 Å². The average Bonchev–Trinajstić information content (AvgIpc) is 3.35. The van der Waals surface area contributed by atoms with Gasteiger partial charge in [-0.2, -0.15) is 0 Å². The number of nitrogens with two attached hydrogens (primary N) is 1. The van der Waals surface area contributed by atoms with Gasteiger partial charge in [-0.25, -0.2) is 0 Å². The Morgan fingerprint density at radius 1 is 1.23 bits per heavy atom. The summed E-state index contributed by atoms with van der Waals surface area (Å²) in [6.45, 7) is 5.86. The molecule has 1 saturated carbocycles. The summed E-state index contributed by atoms with van der Waals surface area (Å²) < 4.78 is 5.33. The van der Waals surface area contributed by atoms with E-state index in [2.05, 4.69) is 10.2 Å². The van der Waals surface area contributed by atoms with Crippen LogP contribution in [0.5, 0.6) is 0 Å². The van der Waals surface area contributed by atoms with Crippen molar-refractivity contribution < 1.29 is 24.2 Å². The van der Waals surface area contributed by atoms with Crippen LogP contribution in [0, 0.1) is 17.8 Å². The quantitative estimate of drug-likeness (QED) is 0.684. The fourth-order valence-corrected chi connectivity index (χ4v) is 5.17. The van der Waals surface area contributed by atoms with Crippen molar-refractivity contribution >= 4 is 34.3 Å². The number of carboxylic acids is 1. The molecule has 1 aromatic heterocycles. The number of anilines is 1. The van der Waals surface area contributed by atoms with E-state index in [0.29, 0.717) is 36.7 Å². The zero-order valence-electron chi connectivity index (χ0n) is 17.3. The van der Waals surface area contributed by atoms with Crippen LogP contribution in [0.15, 0.2) is 0 Å². The van der Waals surface area contributed by atoms with Crippen molar-refractivity contribution in [3.8, 4) is 0 Å². The van der Waals surface area contributed by atoms with E-state index < -0.39 is 5.97 Å². The van der Waals surface area contributed by atoms with Crippen molar-refractivity contribution in [1.29, 1.82) is 0 Å². The summed E-state index contributed by atoms with van der Waals surface area (Å²) in [6.07, 6.45) is 2.47. The van der Waals surface area contributed by atoms with Crippen LogP contribution in [0.3, 0.4) is 0 Å². The second-order valence-electron chi connectivity index (χ2n) is 7.96. The van der Waals surface area contributed by atoms with Crippen LogP contribution >= 0.6 is 11.3 Å². The van der Waals surface area contributed by atoms with Crippen molar-refractivity contribution in [2.45, 2.75) is 45.8 Å². The number of fused-ring (bicyclic) bond motifs is 2. The minimum Gasteiger partial charge on any atom is -0.481 e. The normalized spacial score (nSPS) is 27.8. The number of amides is 2. The maximum Gasteiger partial charge on any atom is 0.300 e. The van der Waals surface area contributed by atoms with E-state index in [4.69, 9.17) is 20.4 Å². The summed E-state index contributed by atoms with van der Waals surface area (Å²) in [6, 6.07) is 0.228. The molecule has 3 aliphatic rings. The second kappa shape index (κ2) is 9.80. The Morgan fingerprint density at radius 3 is 2.47 bits per heavy atom. The van der Waals surface area contributed by atoms with Crippen LogP contribution in [0.4, 0.5) is 5.13 Å². The standard InChI is InChI=1S/C17H25N5O3S.C2H4O2/c1-2-25-9-13-19-20-17(26-13)22-8-12(5-14(22)23)16(24)21-6-10-3-4-11(7-21)15(10)18;1-2(3)4/h10-12,15H,2-9,18H2,1H3;1H3,(H,3,4)/t10-,11+,12?,15?;. The highest BCUT2D eigenvalue weighted by molar-refractivity contribution is 7.15. The minimum atomic E-state index is -0.833. The van der Waals surface area contributed by atoms with E-state index in [1.54, 1.807) is 4.90 Å². The van der Waals surface area contributed by atoms with Crippen LogP contribution < -0.4 is 10.6 Å². The van der Waals surface area contributed by atoms with E-state index in [9.17, 15) is 9.59 Å². The topological polar surface area (TPSA) is 139 Å². The number of aromatic nitrogens is 2. The third kappa shape index (κ3) is 5.13. The monoisotopic (exact) mass is 439 g/mol. The molecular formula is C19H29N5O5S. The Kier molecular flexibility index (Phi) is 7.37.